The van der Waals surface area contributed by atoms with E-state index in [1.807, 2.05) is 0 Å². The van der Waals surface area contributed by atoms with Crippen molar-refractivity contribution in [2.45, 2.75) is 0 Å². The molecule has 92 valence electrons. The third-order valence-electron chi connectivity index (χ3n) is 2.28. The van der Waals surface area contributed by atoms with E-state index in [4.69, 9.17) is 26.9 Å². The number of rotatable bonds is 4. The minimum Gasteiger partial charge on any atom is -0.439 e. The lowest BCUT2D eigenvalue weighted by atomic mass is 10.1. The molecule has 2 aromatic rings. The van der Waals surface area contributed by atoms with Crippen LogP contribution in [0.4, 0.5) is 0 Å². The van der Waals surface area contributed by atoms with Crippen LogP contribution in [0.5, 0.6) is 11.6 Å². The zero-order valence-corrected chi connectivity index (χ0v) is 10.2. The Hall–Kier alpha value is -1.91. The minimum absolute atomic E-state index is 0.172. The van der Waals surface area contributed by atoms with Crippen molar-refractivity contribution in [2.24, 2.45) is 0 Å². The SMILES string of the molecule is N=C(CO)c1ccc(Oc2ccc(Cl)cn2)cc1. The summed E-state index contributed by atoms with van der Waals surface area (Å²) in [6, 6.07) is 10.2. The van der Waals surface area contributed by atoms with E-state index in [1.54, 1.807) is 36.4 Å². The fourth-order valence-corrected chi connectivity index (χ4v) is 1.47. The molecule has 0 aliphatic rings. The number of benzene rings is 1. The summed E-state index contributed by atoms with van der Waals surface area (Å²) in [6.07, 6.45) is 1.51. The first-order valence-electron chi connectivity index (χ1n) is 5.27. The van der Waals surface area contributed by atoms with Crippen LogP contribution in [0.2, 0.25) is 5.02 Å². The van der Waals surface area contributed by atoms with Crippen LogP contribution in [0.3, 0.4) is 0 Å². The van der Waals surface area contributed by atoms with Gasteiger partial charge in [0.1, 0.15) is 5.75 Å². The molecule has 0 amide bonds. The highest BCUT2D eigenvalue weighted by Gasteiger charge is 2.02. The summed E-state index contributed by atoms with van der Waals surface area (Å²) in [6.45, 7) is -0.279. The molecule has 2 N–H and O–H groups in total. The Labute approximate surface area is 109 Å². The van der Waals surface area contributed by atoms with Gasteiger partial charge in [-0.2, -0.15) is 0 Å². The van der Waals surface area contributed by atoms with Crippen molar-refractivity contribution in [3.8, 4) is 11.6 Å². The second-order valence-corrected chi connectivity index (χ2v) is 4.01. The number of halogens is 1. The number of aliphatic hydroxyl groups is 1. The Balaban J connectivity index is 2.10. The van der Waals surface area contributed by atoms with E-state index in [9.17, 15) is 0 Å². The predicted molar refractivity (Wildman–Crippen MR) is 69.7 cm³/mol. The molecular formula is C13H11ClN2O2. The average molecular weight is 263 g/mol. The van der Waals surface area contributed by atoms with Crippen molar-refractivity contribution in [1.82, 2.24) is 4.98 Å². The van der Waals surface area contributed by atoms with Gasteiger partial charge in [-0.1, -0.05) is 11.6 Å². The molecule has 0 fully saturated rings. The fraction of sp³-hybridized carbons (Fsp3) is 0.0769. The molecule has 0 saturated carbocycles. The monoisotopic (exact) mass is 262 g/mol. The molecule has 0 unspecified atom stereocenters. The Bertz CT molecular complexity index is 538. The average Bonchev–Trinajstić information content (AvgIpc) is 2.41. The van der Waals surface area contributed by atoms with Gasteiger partial charge in [-0.25, -0.2) is 4.98 Å². The van der Waals surface area contributed by atoms with E-state index in [-0.39, 0.29) is 12.3 Å². The van der Waals surface area contributed by atoms with E-state index < -0.39 is 0 Å². The molecule has 0 bridgehead atoms. The first-order chi connectivity index (χ1) is 8.69. The normalized spacial score (nSPS) is 10.1. The van der Waals surface area contributed by atoms with Gasteiger partial charge >= 0.3 is 0 Å². The van der Waals surface area contributed by atoms with Gasteiger partial charge in [-0.05, 0) is 35.9 Å². The second kappa shape index (κ2) is 5.62. The molecule has 1 aromatic carbocycles. The molecule has 5 heteroatoms. The first-order valence-corrected chi connectivity index (χ1v) is 5.65. The Morgan fingerprint density at radius 2 is 1.94 bits per heavy atom. The summed E-state index contributed by atoms with van der Waals surface area (Å²) in [5.74, 6) is 1.06. The minimum atomic E-state index is -0.279. The molecule has 1 aromatic heterocycles. The van der Waals surface area contributed by atoms with Gasteiger partial charge in [0.25, 0.3) is 0 Å². The number of aromatic nitrogens is 1. The first kappa shape index (κ1) is 12.5. The van der Waals surface area contributed by atoms with Crippen molar-refractivity contribution >= 4 is 17.3 Å². The summed E-state index contributed by atoms with van der Waals surface area (Å²) in [5, 5.41) is 16.9. The number of aliphatic hydroxyl groups excluding tert-OH is 1. The fourth-order valence-electron chi connectivity index (χ4n) is 1.36. The van der Waals surface area contributed by atoms with Gasteiger partial charge in [0.2, 0.25) is 5.88 Å². The molecule has 0 radical (unpaired) electrons. The highest BCUT2D eigenvalue weighted by Crippen LogP contribution is 2.20. The number of hydrogen-bond acceptors (Lipinski definition) is 4. The summed E-state index contributed by atoms with van der Waals surface area (Å²) in [5.41, 5.74) is 0.833. The standard InChI is InChI=1S/C13H11ClN2O2/c14-10-3-6-13(16-7-10)18-11-4-1-9(2-5-11)12(15)8-17/h1-7,15,17H,8H2. The molecule has 0 spiro atoms. The Morgan fingerprint density at radius 1 is 1.22 bits per heavy atom. The maximum absolute atomic E-state index is 8.84. The quantitative estimate of drug-likeness (QED) is 0.833. The van der Waals surface area contributed by atoms with Crippen molar-refractivity contribution < 1.29 is 9.84 Å². The lowest BCUT2D eigenvalue weighted by molar-refractivity contribution is 0.357. The summed E-state index contributed by atoms with van der Waals surface area (Å²) in [4.78, 5) is 4.01. The zero-order valence-electron chi connectivity index (χ0n) is 9.43. The van der Waals surface area contributed by atoms with Crippen LogP contribution in [0.25, 0.3) is 0 Å². The van der Waals surface area contributed by atoms with Gasteiger partial charge in [0.05, 0.1) is 17.3 Å². The predicted octanol–water partition coefficient (Wildman–Crippen LogP) is 2.89. The third-order valence-corrected chi connectivity index (χ3v) is 2.51. The van der Waals surface area contributed by atoms with Crippen LogP contribution in [-0.4, -0.2) is 22.4 Å². The van der Waals surface area contributed by atoms with Crippen LogP contribution in [0.15, 0.2) is 42.6 Å². The number of nitrogens with one attached hydrogen (secondary N) is 1. The van der Waals surface area contributed by atoms with Gasteiger partial charge in [0, 0.05) is 12.3 Å². The molecule has 18 heavy (non-hydrogen) atoms. The van der Waals surface area contributed by atoms with Gasteiger partial charge in [0.15, 0.2) is 0 Å². The van der Waals surface area contributed by atoms with E-state index >= 15 is 0 Å². The summed E-state index contributed by atoms with van der Waals surface area (Å²) < 4.78 is 5.50. The number of hydrogen-bond donors (Lipinski definition) is 2. The highest BCUT2D eigenvalue weighted by atomic mass is 35.5. The van der Waals surface area contributed by atoms with Crippen molar-refractivity contribution in [3.63, 3.8) is 0 Å². The lowest BCUT2D eigenvalue weighted by Crippen LogP contribution is -2.03. The van der Waals surface area contributed by atoms with E-state index in [0.29, 0.717) is 22.2 Å². The molecule has 0 saturated heterocycles. The van der Waals surface area contributed by atoms with Crippen LogP contribution < -0.4 is 4.74 Å². The summed E-state index contributed by atoms with van der Waals surface area (Å²) >= 11 is 5.72. The van der Waals surface area contributed by atoms with Crippen LogP contribution >= 0.6 is 11.6 Å². The largest absolute Gasteiger partial charge is 0.439 e. The highest BCUT2D eigenvalue weighted by molar-refractivity contribution is 6.30. The van der Waals surface area contributed by atoms with Crippen molar-refractivity contribution in [2.75, 3.05) is 6.61 Å². The van der Waals surface area contributed by atoms with E-state index in [2.05, 4.69) is 4.98 Å². The van der Waals surface area contributed by atoms with Gasteiger partial charge in [-0.15, -0.1) is 0 Å². The Kier molecular flexibility index (Phi) is 3.92. The van der Waals surface area contributed by atoms with Gasteiger partial charge < -0.3 is 15.3 Å². The smallest absolute Gasteiger partial charge is 0.219 e. The van der Waals surface area contributed by atoms with Crippen LogP contribution in [0, 0.1) is 5.41 Å². The number of pyridine rings is 1. The molecule has 0 aliphatic carbocycles. The second-order valence-electron chi connectivity index (χ2n) is 3.58. The number of nitrogens with zero attached hydrogens (tertiary/aromatic N) is 1. The molecular weight excluding hydrogens is 252 g/mol. The molecule has 4 nitrogen and oxygen atoms in total. The lowest BCUT2D eigenvalue weighted by Gasteiger charge is -2.05. The topological polar surface area (TPSA) is 66.2 Å². The molecule has 1 heterocycles. The maximum Gasteiger partial charge on any atom is 0.219 e. The Morgan fingerprint density at radius 3 is 2.50 bits per heavy atom. The number of ether oxygens (including phenoxy) is 1. The summed E-state index contributed by atoms with van der Waals surface area (Å²) in [7, 11) is 0. The van der Waals surface area contributed by atoms with Gasteiger partial charge in [-0.3, -0.25) is 0 Å². The maximum atomic E-state index is 8.84. The molecule has 0 aliphatic heterocycles. The van der Waals surface area contributed by atoms with E-state index in [0.717, 1.165) is 0 Å². The van der Waals surface area contributed by atoms with E-state index in [1.165, 1.54) is 6.20 Å². The van der Waals surface area contributed by atoms with Crippen LogP contribution in [0.1, 0.15) is 5.56 Å². The van der Waals surface area contributed by atoms with Crippen LogP contribution in [-0.2, 0) is 0 Å². The molecule has 0 atom stereocenters. The van der Waals surface area contributed by atoms with Crippen molar-refractivity contribution in [1.29, 1.82) is 5.41 Å². The van der Waals surface area contributed by atoms with Crippen molar-refractivity contribution in [3.05, 3.63) is 53.2 Å². The third kappa shape index (κ3) is 3.06. The molecule has 2 rings (SSSR count). The zero-order chi connectivity index (χ0) is 13.0.